The average Bonchev–Trinajstić information content (AvgIpc) is 2.94. The molecule has 0 atom stereocenters. The van der Waals surface area contributed by atoms with Crippen LogP contribution in [0.5, 0.6) is 0 Å². The van der Waals surface area contributed by atoms with Gasteiger partial charge in [0, 0.05) is 12.2 Å². The Bertz CT molecular complexity index is 526. The van der Waals surface area contributed by atoms with Crippen LogP contribution in [0.1, 0.15) is 41.6 Å². The predicted octanol–water partition coefficient (Wildman–Crippen LogP) is 1.26. The minimum atomic E-state index is -0.0664. The second-order valence-electron chi connectivity index (χ2n) is 4.50. The van der Waals surface area contributed by atoms with Gasteiger partial charge in [0.25, 0.3) is 5.91 Å². The maximum Gasteiger partial charge on any atom is 0.268 e. The van der Waals surface area contributed by atoms with Gasteiger partial charge in [-0.1, -0.05) is 0 Å². The van der Waals surface area contributed by atoms with E-state index < -0.39 is 0 Å². The Morgan fingerprint density at radius 3 is 3.11 bits per heavy atom. The van der Waals surface area contributed by atoms with E-state index in [4.69, 9.17) is 0 Å². The number of hydrogen-bond acceptors (Lipinski definition) is 3. The standard InChI is InChI=1S/C12H15N5O/c18-12(13-7-11-14-8-15-16-11)10-5-2-6-17(10)9-3-1-4-9/h2,5-6,8-9H,1,3-4,7H2,(H,13,18)(H,14,15,16). The molecule has 94 valence electrons. The molecule has 0 spiro atoms. The van der Waals surface area contributed by atoms with E-state index in [1.807, 2.05) is 18.3 Å². The molecule has 1 aliphatic rings. The highest BCUT2D eigenvalue weighted by Crippen LogP contribution is 2.32. The largest absolute Gasteiger partial charge is 0.343 e. The molecular formula is C12H15N5O. The maximum atomic E-state index is 12.1. The van der Waals surface area contributed by atoms with Gasteiger partial charge in [-0.15, -0.1) is 0 Å². The van der Waals surface area contributed by atoms with Gasteiger partial charge in [0.15, 0.2) is 0 Å². The Kier molecular flexibility index (Phi) is 2.84. The van der Waals surface area contributed by atoms with Crippen LogP contribution in [0.3, 0.4) is 0 Å². The Morgan fingerprint density at radius 2 is 2.44 bits per heavy atom. The minimum absolute atomic E-state index is 0.0664. The van der Waals surface area contributed by atoms with E-state index >= 15 is 0 Å². The van der Waals surface area contributed by atoms with Crippen molar-refractivity contribution in [2.75, 3.05) is 0 Å². The fourth-order valence-corrected chi connectivity index (χ4v) is 2.14. The van der Waals surface area contributed by atoms with Crippen LogP contribution in [0.4, 0.5) is 0 Å². The molecule has 6 nitrogen and oxygen atoms in total. The normalized spacial score (nSPS) is 15.3. The summed E-state index contributed by atoms with van der Waals surface area (Å²) in [4.78, 5) is 16.0. The van der Waals surface area contributed by atoms with Crippen molar-refractivity contribution in [2.24, 2.45) is 0 Å². The zero-order valence-corrected chi connectivity index (χ0v) is 9.97. The molecule has 3 rings (SSSR count). The first-order valence-electron chi connectivity index (χ1n) is 6.14. The first kappa shape index (κ1) is 11.0. The van der Waals surface area contributed by atoms with Gasteiger partial charge in [-0.25, -0.2) is 4.98 Å². The van der Waals surface area contributed by atoms with E-state index in [1.54, 1.807) is 0 Å². The quantitative estimate of drug-likeness (QED) is 0.851. The molecule has 1 fully saturated rings. The Hall–Kier alpha value is -2.11. The lowest BCUT2D eigenvalue weighted by Gasteiger charge is -2.28. The highest BCUT2D eigenvalue weighted by atomic mass is 16.1. The summed E-state index contributed by atoms with van der Waals surface area (Å²) in [5.74, 6) is 0.591. The van der Waals surface area contributed by atoms with Gasteiger partial charge in [0.1, 0.15) is 17.8 Å². The number of aromatic amines is 1. The zero-order chi connectivity index (χ0) is 12.4. The van der Waals surface area contributed by atoms with Gasteiger partial charge >= 0.3 is 0 Å². The van der Waals surface area contributed by atoms with Gasteiger partial charge in [-0.05, 0) is 31.4 Å². The van der Waals surface area contributed by atoms with Gasteiger partial charge in [0.2, 0.25) is 0 Å². The van der Waals surface area contributed by atoms with Crippen LogP contribution in [-0.4, -0.2) is 25.7 Å². The highest BCUT2D eigenvalue weighted by molar-refractivity contribution is 5.92. The van der Waals surface area contributed by atoms with Crippen molar-refractivity contribution in [3.63, 3.8) is 0 Å². The minimum Gasteiger partial charge on any atom is -0.343 e. The summed E-state index contributed by atoms with van der Waals surface area (Å²) in [5, 5.41) is 9.29. The monoisotopic (exact) mass is 245 g/mol. The van der Waals surface area contributed by atoms with Crippen molar-refractivity contribution in [1.29, 1.82) is 0 Å². The van der Waals surface area contributed by atoms with Crippen LogP contribution >= 0.6 is 0 Å². The molecule has 0 radical (unpaired) electrons. The number of amides is 1. The number of carbonyl (C=O) groups excluding carboxylic acids is 1. The third-order valence-electron chi connectivity index (χ3n) is 3.36. The molecule has 18 heavy (non-hydrogen) atoms. The summed E-state index contributed by atoms with van der Waals surface area (Å²) in [6.45, 7) is 0.370. The fourth-order valence-electron chi connectivity index (χ4n) is 2.14. The Balaban J connectivity index is 1.66. The van der Waals surface area contributed by atoms with E-state index in [-0.39, 0.29) is 5.91 Å². The molecule has 2 aromatic heterocycles. The second-order valence-corrected chi connectivity index (χ2v) is 4.50. The first-order valence-corrected chi connectivity index (χ1v) is 6.14. The van der Waals surface area contributed by atoms with Crippen LogP contribution in [0.25, 0.3) is 0 Å². The van der Waals surface area contributed by atoms with Crippen molar-refractivity contribution in [3.8, 4) is 0 Å². The fraction of sp³-hybridized carbons (Fsp3) is 0.417. The number of aromatic nitrogens is 4. The molecule has 0 bridgehead atoms. The van der Waals surface area contributed by atoms with Gasteiger partial charge < -0.3 is 9.88 Å². The number of carbonyl (C=O) groups is 1. The molecule has 2 N–H and O–H groups in total. The van der Waals surface area contributed by atoms with Crippen LogP contribution in [0.2, 0.25) is 0 Å². The van der Waals surface area contributed by atoms with Gasteiger partial charge in [-0.2, -0.15) is 5.10 Å². The maximum absolute atomic E-state index is 12.1. The van der Waals surface area contributed by atoms with Crippen molar-refractivity contribution >= 4 is 5.91 Å². The average molecular weight is 245 g/mol. The lowest BCUT2D eigenvalue weighted by molar-refractivity contribution is 0.0935. The number of rotatable bonds is 4. The molecule has 1 amide bonds. The third-order valence-corrected chi connectivity index (χ3v) is 3.36. The Labute approximate surface area is 104 Å². The van der Waals surface area contributed by atoms with E-state index in [1.165, 1.54) is 12.7 Å². The van der Waals surface area contributed by atoms with E-state index in [0.29, 0.717) is 18.4 Å². The van der Waals surface area contributed by atoms with Gasteiger partial charge in [0.05, 0.1) is 6.54 Å². The lowest BCUT2D eigenvalue weighted by Crippen LogP contribution is -2.28. The first-order chi connectivity index (χ1) is 8.84. The molecule has 0 unspecified atom stereocenters. The molecule has 1 aliphatic carbocycles. The van der Waals surface area contributed by atoms with Crippen LogP contribution in [0, 0.1) is 0 Å². The van der Waals surface area contributed by atoms with Crippen molar-refractivity contribution in [3.05, 3.63) is 36.2 Å². The third kappa shape index (κ3) is 2.01. The highest BCUT2D eigenvalue weighted by Gasteiger charge is 2.23. The summed E-state index contributed by atoms with van der Waals surface area (Å²) in [5.41, 5.74) is 0.721. The number of hydrogen-bond donors (Lipinski definition) is 2. The smallest absolute Gasteiger partial charge is 0.268 e. The summed E-state index contributed by atoms with van der Waals surface area (Å²) in [7, 11) is 0. The van der Waals surface area contributed by atoms with Gasteiger partial charge in [-0.3, -0.25) is 9.89 Å². The summed E-state index contributed by atoms with van der Waals surface area (Å²) in [6, 6.07) is 4.27. The number of nitrogens with zero attached hydrogens (tertiary/aromatic N) is 3. The van der Waals surface area contributed by atoms with E-state index in [9.17, 15) is 4.79 Å². The molecule has 0 saturated heterocycles. The molecule has 0 aliphatic heterocycles. The van der Waals surface area contributed by atoms with Crippen molar-refractivity contribution in [2.45, 2.75) is 31.8 Å². The summed E-state index contributed by atoms with van der Waals surface area (Å²) in [6.07, 6.45) is 6.99. The molecule has 2 aromatic rings. The van der Waals surface area contributed by atoms with Crippen molar-refractivity contribution in [1.82, 2.24) is 25.1 Å². The van der Waals surface area contributed by atoms with Crippen LogP contribution < -0.4 is 5.32 Å². The van der Waals surface area contributed by atoms with Crippen LogP contribution in [0.15, 0.2) is 24.7 Å². The SMILES string of the molecule is O=C(NCc1ncn[nH]1)c1cccn1C1CCC1. The van der Waals surface area contributed by atoms with Crippen LogP contribution in [-0.2, 0) is 6.54 Å². The molecule has 2 heterocycles. The second kappa shape index (κ2) is 4.64. The molecule has 0 aromatic carbocycles. The molecule has 6 heteroatoms. The predicted molar refractivity (Wildman–Crippen MR) is 64.9 cm³/mol. The molecular weight excluding hydrogens is 230 g/mol. The number of nitrogens with one attached hydrogen (secondary N) is 2. The summed E-state index contributed by atoms with van der Waals surface area (Å²) < 4.78 is 2.07. The number of H-pyrrole nitrogens is 1. The lowest BCUT2D eigenvalue weighted by atomic mass is 9.93. The molecule has 1 saturated carbocycles. The van der Waals surface area contributed by atoms with E-state index in [2.05, 4.69) is 25.1 Å². The zero-order valence-electron chi connectivity index (χ0n) is 9.97. The van der Waals surface area contributed by atoms with Crippen molar-refractivity contribution < 1.29 is 4.79 Å². The Morgan fingerprint density at radius 1 is 1.56 bits per heavy atom. The summed E-state index contributed by atoms with van der Waals surface area (Å²) >= 11 is 0. The van der Waals surface area contributed by atoms with E-state index in [0.717, 1.165) is 18.5 Å². The topological polar surface area (TPSA) is 75.6 Å².